The van der Waals surface area contributed by atoms with E-state index in [2.05, 4.69) is 26.1 Å². The van der Waals surface area contributed by atoms with Crippen LogP contribution in [0.25, 0.3) is 0 Å². The van der Waals surface area contributed by atoms with Crippen LogP contribution in [0.2, 0.25) is 0 Å². The number of amides is 1. The van der Waals surface area contributed by atoms with E-state index >= 15 is 0 Å². The quantitative estimate of drug-likeness (QED) is 0.756. The standard InChI is InChI=1S/C10H17BrN2O2/c1-15-10-8(7(11)9(14)12-10)13-5-3-2-4-6-13/h7-8,10H,2-6H2,1H3,(H,12,14)/t7-,8-,10+/m0/s1. The Hall–Kier alpha value is -0.130. The first-order valence-corrected chi connectivity index (χ1v) is 6.37. The fraction of sp³-hybridized carbons (Fsp3) is 0.900. The van der Waals surface area contributed by atoms with Gasteiger partial charge in [-0.2, -0.15) is 0 Å². The predicted octanol–water partition coefficient (Wildman–Crippen LogP) is 0.707. The summed E-state index contributed by atoms with van der Waals surface area (Å²) in [6, 6.07) is 0.141. The Morgan fingerprint density at radius 2 is 2.07 bits per heavy atom. The van der Waals surface area contributed by atoms with Crippen molar-refractivity contribution in [1.82, 2.24) is 10.2 Å². The van der Waals surface area contributed by atoms with E-state index in [0.29, 0.717) is 0 Å². The van der Waals surface area contributed by atoms with Crippen molar-refractivity contribution >= 4 is 21.8 Å². The van der Waals surface area contributed by atoms with Gasteiger partial charge in [-0.3, -0.25) is 9.69 Å². The molecule has 1 N–H and O–H groups in total. The molecule has 0 spiro atoms. The Kier molecular flexibility index (Phi) is 3.64. The molecule has 2 saturated heterocycles. The number of halogens is 1. The molecular weight excluding hydrogens is 260 g/mol. The first-order chi connectivity index (χ1) is 7.24. The highest BCUT2D eigenvalue weighted by molar-refractivity contribution is 9.10. The highest BCUT2D eigenvalue weighted by Crippen LogP contribution is 2.25. The number of ether oxygens (including phenoxy) is 1. The zero-order valence-corrected chi connectivity index (χ0v) is 10.5. The summed E-state index contributed by atoms with van der Waals surface area (Å²) >= 11 is 3.45. The number of likely N-dealkylation sites (tertiary alicyclic amines) is 1. The normalized spacial score (nSPS) is 38.0. The maximum atomic E-state index is 11.5. The molecule has 0 aromatic rings. The van der Waals surface area contributed by atoms with Crippen molar-refractivity contribution < 1.29 is 9.53 Å². The van der Waals surface area contributed by atoms with Crippen molar-refractivity contribution in [2.24, 2.45) is 0 Å². The van der Waals surface area contributed by atoms with Crippen LogP contribution in [-0.4, -0.2) is 48.1 Å². The van der Waals surface area contributed by atoms with Crippen LogP contribution >= 0.6 is 15.9 Å². The number of hydrogen-bond acceptors (Lipinski definition) is 3. The molecule has 3 atom stereocenters. The minimum Gasteiger partial charge on any atom is -0.360 e. The van der Waals surface area contributed by atoms with Crippen LogP contribution in [0.5, 0.6) is 0 Å². The monoisotopic (exact) mass is 276 g/mol. The fourth-order valence-corrected chi connectivity index (χ4v) is 3.15. The Bertz CT molecular complexity index is 244. The summed E-state index contributed by atoms with van der Waals surface area (Å²) in [6.45, 7) is 2.14. The largest absolute Gasteiger partial charge is 0.360 e. The number of piperidine rings is 1. The number of carbonyl (C=O) groups excluding carboxylic acids is 1. The molecule has 2 aliphatic heterocycles. The molecule has 0 aliphatic carbocycles. The van der Waals surface area contributed by atoms with Crippen molar-refractivity contribution in [2.75, 3.05) is 20.2 Å². The summed E-state index contributed by atoms with van der Waals surface area (Å²) in [6.07, 6.45) is 3.58. The molecule has 1 amide bonds. The number of rotatable bonds is 2. The first kappa shape index (κ1) is 11.4. The second kappa shape index (κ2) is 4.80. The van der Waals surface area contributed by atoms with Gasteiger partial charge in [-0.15, -0.1) is 0 Å². The fourth-order valence-electron chi connectivity index (χ4n) is 2.41. The molecule has 0 saturated carbocycles. The summed E-state index contributed by atoms with van der Waals surface area (Å²) in [5.74, 6) is 0.0393. The third-order valence-electron chi connectivity index (χ3n) is 3.21. The van der Waals surface area contributed by atoms with Crippen LogP contribution in [0.3, 0.4) is 0 Å². The number of alkyl halides is 1. The van der Waals surface area contributed by atoms with Crippen LogP contribution in [-0.2, 0) is 9.53 Å². The summed E-state index contributed by atoms with van der Waals surface area (Å²) < 4.78 is 5.31. The van der Waals surface area contributed by atoms with Crippen molar-refractivity contribution in [3.8, 4) is 0 Å². The molecule has 2 fully saturated rings. The molecule has 0 aromatic carbocycles. The molecule has 0 radical (unpaired) electrons. The zero-order valence-electron chi connectivity index (χ0n) is 8.91. The van der Waals surface area contributed by atoms with Gasteiger partial charge in [0, 0.05) is 7.11 Å². The topological polar surface area (TPSA) is 41.6 Å². The smallest absolute Gasteiger partial charge is 0.237 e. The summed E-state index contributed by atoms with van der Waals surface area (Å²) in [7, 11) is 1.65. The maximum absolute atomic E-state index is 11.5. The molecule has 15 heavy (non-hydrogen) atoms. The maximum Gasteiger partial charge on any atom is 0.237 e. The summed E-state index contributed by atoms with van der Waals surface area (Å²) in [5, 5.41) is 2.85. The van der Waals surface area contributed by atoms with Crippen molar-refractivity contribution in [3.05, 3.63) is 0 Å². The van der Waals surface area contributed by atoms with Crippen molar-refractivity contribution in [1.29, 1.82) is 0 Å². The van der Waals surface area contributed by atoms with E-state index in [1.807, 2.05) is 0 Å². The van der Waals surface area contributed by atoms with E-state index in [4.69, 9.17) is 4.74 Å². The van der Waals surface area contributed by atoms with Gasteiger partial charge in [-0.1, -0.05) is 22.4 Å². The molecule has 2 rings (SSSR count). The second-order valence-corrected chi connectivity index (χ2v) is 5.14. The van der Waals surface area contributed by atoms with Crippen LogP contribution in [0.4, 0.5) is 0 Å². The van der Waals surface area contributed by atoms with E-state index < -0.39 is 0 Å². The third-order valence-corrected chi connectivity index (χ3v) is 4.17. The first-order valence-electron chi connectivity index (χ1n) is 5.45. The van der Waals surface area contributed by atoms with Gasteiger partial charge >= 0.3 is 0 Å². The lowest BCUT2D eigenvalue weighted by Gasteiger charge is -2.35. The zero-order chi connectivity index (χ0) is 10.8. The lowest BCUT2D eigenvalue weighted by molar-refractivity contribution is -0.120. The van der Waals surface area contributed by atoms with Crippen molar-refractivity contribution in [3.63, 3.8) is 0 Å². The Morgan fingerprint density at radius 3 is 2.67 bits per heavy atom. The average Bonchev–Trinajstić information content (AvgIpc) is 2.56. The van der Waals surface area contributed by atoms with Gasteiger partial charge in [-0.05, 0) is 25.9 Å². The van der Waals surface area contributed by atoms with Gasteiger partial charge in [-0.25, -0.2) is 0 Å². The molecule has 0 aromatic heterocycles. The van der Waals surface area contributed by atoms with Crippen LogP contribution in [0, 0.1) is 0 Å². The highest BCUT2D eigenvalue weighted by Gasteiger charge is 2.44. The van der Waals surface area contributed by atoms with Gasteiger partial charge < -0.3 is 10.1 Å². The Balaban J connectivity index is 2.06. The van der Waals surface area contributed by atoms with Crippen LogP contribution < -0.4 is 5.32 Å². The number of carbonyl (C=O) groups is 1. The molecule has 2 heterocycles. The molecule has 0 unspecified atom stereocenters. The van der Waals surface area contributed by atoms with Gasteiger partial charge in [0.1, 0.15) is 11.1 Å². The van der Waals surface area contributed by atoms with Gasteiger partial charge in [0.15, 0.2) is 0 Å². The average molecular weight is 277 g/mol. The minimum atomic E-state index is -0.167. The van der Waals surface area contributed by atoms with Crippen LogP contribution in [0.1, 0.15) is 19.3 Å². The van der Waals surface area contributed by atoms with Gasteiger partial charge in [0.2, 0.25) is 5.91 Å². The summed E-state index contributed by atoms with van der Waals surface area (Å²) in [4.78, 5) is 13.7. The SMILES string of the molecule is CO[C@H]1NC(=O)[C@@H](Br)[C@@H]1N1CCCCC1. The minimum absolute atomic E-state index is 0.0393. The van der Waals surface area contributed by atoms with Crippen molar-refractivity contribution in [2.45, 2.75) is 36.4 Å². The lowest BCUT2D eigenvalue weighted by Crippen LogP contribution is -2.49. The van der Waals surface area contributed by atoms with E-state index in [0.717, 1.165) is 13.1 Å². The Morgan fingerprint density at radius 1 is 1.40 bits per heavy atom. The van der Waals surface area contributed by atoms with Crippen LogP contribution in [0.15, 0.2) is 0 Å². The summed E-state index contributed by atoms with van der Waals surface area (Å²) in [5.41, 5.74) is 0. The molecule has 4 nitrogen and oxygen atoms in total. The third kappa shape index (κ3) is 2.19. The molecule has 5 heteroatoms. The number of methoxy groups -OCH3 is 1. The lowest BCUT2D eigenvalue weighted by atomic mass is 10.1. The Labute approximate surface area is 98.5 Å². The van der Waals surface area contributed by atoms with Gasteiger partial charge in [0.05, 0.1) is 6.04 Å². The number of hydrogen-bond donors (Lipinski definition) is 1. The number of nitrogens with one attached hydrogen (secondary N) is 1. The van der Waals surface area contributed by atoms with E-state index in [1.54, 1.807) is 7.11 Å². The van der Waals surface area contributed by atoms with E-state index in [9.17, 15) is 4.79 Å². The molecule has 86 valence electrons. The highest BCUT2D eigenvalue weighted by atomic mass is 79.9. The molecule has 0 bridgehead atoms. The van der Waals surface area contributed by atoms with E-state index in [1.165, 1.54) is 19.3 Å². The second-order valence-electron chi connectivity index (χ2n) is 4.15. The number of nitrogens with zero attached hydrogens (tertiary/aromatic N) is 1. The molecule has 2 aliphatic rings. The van der Waals surface area contributed by atoms with E-state index in [-0.39, 0.29) is 23.0 Å². The predicted molar refractivity (Wildman–Crippen MR) is 60.9 cm³/mol. The molecular formula is C10H17BrN2O2. The van der Waals surface area contributed by atoms with Gasteiger partial charge in [0.25, 0.3) is 0 Å².